The number of fused-ring (bicyclic) bond motifs is 2. The molecule has 1 amide bonds. The number of benzene rings is 3. The Balaban J connectivity index is 1.51. The van der Waals surface area contributed by atoms with Crippen molar-refractivity contribution in [1.29, 1.82) is 0 Å². The van der Waals surface area contributed by atoms with Crippen LogP contribution in [0.25, 0.3) is 10.8 Å². The highest BCUT2D eigenvalue weighted by Crippen LogP contribution is 2.32. The van der Waals surface area contributed by atoms with Crippen LogP contribution < -0.4 is 20.3 Å². The number of hydrogen-bond acceptors (Lipinski definition) is 5. The van der Waals surface area contributed by atoms with Crippen LogP contribution in [0.15, 0.2) is 77.6 Å². The largest absolute Gasteiger partial charge is 0.490 e. The van der Waals surface area contributed by atoms with Gasteiger partial charge in [-0.15, -0.1) is 0 Å². The van der Waals surface area contributed by atoms with Crippen molar-refractivity contribution in [1.82, 2.24) is 9.78 Å². The zero-order chi connectivity index (χ0) is 21.9. The molecule has 0 fully saturated rings. The van der Waals surface area contributed by atoms with Crippen molar-refractivity contribution in [2.24, 2.45) is 0 Å². The van der Waals surface area contributed by atoms with Gasteiger partial charge in [0.05, 0.1) is 25.1 Å². The van der Waals surface area contributed by atoms with E-state index in [0.29, 0.717) is 41.2 Å². The van der Waals surface area contributed by atoms with Gasteiger partial charge in [-0.2, -0.15) is 5.10 Å². The number of hydrogen-bond donors (Lipinski definition) is 1. The number of nitrogens with one attached hydrogen (secondary N) is 1. The van der Waals surface area contributed by atoms with Crippen molar-refractivity contribution in [2.75, 3.05) is 18.5 Å². The molecular formula is C25H21N3O4. The van der Waals surface area contributed by atoms with E-state index in [4.69, 9.17) is 9.47 Å². The lowest BCUT2D eigenvalue weighted by Crippen LogP contribution is -2.28. The van der Waals surface area contributed by atoms with Gasteiger partial charge in [0.15, 0.2) is 17.2 Å². The van der Waals surface area contributed by atoms with Crippen molar-refractivity contribution in [3.63, 3.8) is 0 Å². The standard InChI is InChI=1S/C25H21N3O4/c29-24(26-18-11-12-21-22(15-18)32-14-6-13-31-21)23-19-9-4-5-10-20(19)25(30)28(27-23)16-17-7-2-1-3-8-17/h1-5,7-12,15H,6,13-14,16H2,(H,26,29). The number of ether oxygens (including phenoxy) is 2. The van der Waals surface area contributed by atoms with E-state index >= 15 is 0 Å². The van der Waals surface area contributed by atoms with Gasteiger partial charge in [-0.1, -0.05) is 48.5 Å². The SMILES string of the molecule is O=C(Nc1ccc2c(c1)OCCCO2)c1nn(Cc2ccccc2)c(=O)c2ccccc12. The molecule has 0 unspecified atom stereocenters. The molecule has 0 radical (unpaired) electrons. The zero-order valence-corrected chi connectivity index (χ0v) is 17.3. The van der Waals surface area contributed by atoms with E-state index in [2.05, 4.69) is 10.4 Å². The summed E-state index contributed by atoms with van der Waals surface area (Å²) in [6.45, 7) is 1.42. The fraction of sp³-hybridized carbons (Fsp3) is 0.160. The third-order valence-electron chi connectivity index (χ3n) is 5.26. The summed E-state index contributed by atoms with van der Waals surface area (Å²) in [5.41, 5.74) is 1.43. The summed E-state index contributed by atoms with van der Waals surface area (Å²) in [6, 6.07) is 21.8. The summed E-state index contributed by atoms with van der Waals surface area (Å²) in [6.07, 6.45) is 0.801. The minimum absolute atomic E-state index is 0.184. The molecular weight excluding hydrogens is 406 g/mol. The Morgan fingerprint density at radius 3 is 2.44 bits per heavy atom. The summed E-state index contributed by atoms with van der Waals surface area (Å²) in [7, 11) is 0. The molecule has 0 aliphatic carbocycles. The van der Waals surface area contributed by atoms with E-state index in [1.54, 1.807) is 42.5 Å². The lowest BCUT2D eigenvalue weighted by molar-refractivity contribution is 0.102. The van der Waals surface area contributed by atoms with Gasteiger partial charge >= 0.3 is 0 Å². The Morgan fingerprint density at radius 2 is 1.62 bits per heavy atom. The van der Waals surface area contributed by atoms with E-state index in [-0.39, 0.29) is 17.8 Å². The molecule has 1 N–H and O–H groups in total. The van der Waals surface area contributed by atoms with Crippen molar-refractivity contribution in [3.8, 4) is 11.5 Å². The highest BCUT2D eigenvalue weighted by molar-refractivity contribution is 6.11. The van der Waals surface area contributed by atoms with E-state index in [0.717, 1.165) is 12.0 Å². The third kappa shape index (κ3) is 3.92. The second kappa shape index (κ2) is 8.55. The van der Waals surface area contributed by atoms with Gasteiger partial charge in [-0.05, 0) is 23.8 Å². The topological polar surface area (TPSA) is 82.4 Å². The average molecular weight is 427 g/mol. The molecule has 0 atom stereocenters. The normalized spacial score (nSPS) is 12.9. The first-order chi connectivity index (χ1) is 15.7. The molecule has 7 heteroatoms. The molecule has 0 bridgehead atoms. The summed E-state index contributed by atoms with van der Waals surface area (Å²) in [4.78, 5) is 26.2. The van der Waals surface area contributed by atoms with Gasteiger partial charge in [0.25, 0.3) is 11.5 Å². The molecule has 0 saturated carbocycles. The summed E-state index contributed by atoms with van der Waals surface area (Å²) in [5.74, 6) is 0.838. The van der Waals surface area contributed by atoms with Crippen LogP contribution in [0.5, 0.6) is 11.5 Å². The van der Waals surface area contributed by atoms with Gasteiger partial charge in [0, 0.05) is 23.6 Å². The van der Waals surface area contributed by atoms with Crippen LogP contribution in [0, 0.1) is 0 Å². The average Bonchev–Trinajstić information content (AvgIpc) is 3.06. The zero-order valence-electron chi connectivity index (χ0n) is 17.3. The van der Waals surface area contributed by atoms with Crippen molar-refractivity contribution in [2.45, 2.75) is 13.0 Å². The molecule has 32 heavy (non-hydrogen) atoms. The van der Waals surface area contributed by atoms with Crippen LogP contribution in [-0.2, 0) is 6.54 Å². The van der Waals surface area contributed by atoms with Crippen LogP contribution in [0.4, 0.5) is 5.69 Å². The Morgan fingerprint density at radius 1 is 0.906 bits per heavy atom. The smallest absolute Gasteiger partial charge is 0.276 e. The first-order valence-electron chi connectivity index (χ1n) is 10.4. The Labute approximate surface area is 184 Å². The van der Waals surface area contributed by atoms with Gasteiger partial charge in [0.1, 0.15) is 0 Å². The number of amides is 1. The molecule has 160 valence electrons. The summed E-state index contributed by atoms with van der Waals surface area (Å²) in [5, 5.41) is 8.26. The van der Waals surface area contributed by atoms with E-state index < -0.39 is 5.91 Å². The molecule has 2 heterocycles. The van der Waals surface area contributed by atoms with Crippen LogP contribution >= 0.6 is 0 Å². The molecule has 1 aromatic heterocycles. The maximum absolute atomic E-state index is 13.2. The van der Waals surface area contributed by atoms with E-state index in [9.17, 15) is 9.59 Å². The van der Waals surface area contributed by atoms with Crippen LogP contribution in [0.1, 0.15) is 22.5 Å². The predicted octanol–water partition coefficient (Wildman–Crippen LogP) is 3.86. The van der Waals surface area contributed by atoms with Crippen molar-refractivity contribution < 1.29 is 14.3 Å². The van der Waals surface area contributed by atoms with E-state index in [1.807, 2.05) is 30.3 Å². The van der Waals surface area contributed by atoms with Crippen molar-refractivity contribution >= 4 is 22.4 Å². The second-order valence-electron chi connectivity index (χ2n) is 7.51. The van der Waals surface area contributed by atoms with Crippen LogP contribution in [-0.4, -0.2) is 28.9 Å². The molecule has 0 saturated heterocycles. The highest BCUT2D eigenvalue weighted by atomic mass is 16.5. The monoisotopic (exact) mass is 427 g/mol. The number of aromatic nitrogens is 2. The fourth-order valence-corrected chi connectivity index (χ4v) is 3.70. The first kappa shape index (κ1) is 19.8. The number of nitrogens with zero attached hydrogens (tertiary/aromatic N) is 2. The third-order valence-corrected chi connectivity index (χ3v) is 5.26. The van der Waals surface area contributed by atoms with Crippen LogP contribution in [0.2, 0.25) is 0 Å². The summed E-state index contributed by atoms with van der Waals surface area (Å²) < 4.78 is 12.7. The van der Waals surface area contributed by atoms with Gasteiger partial charge in [-0.25, -0.2) is 4.68 Å². The minimum Gasteiger partial charge on any atom is -0.490 e. The maximum atomic E-state index is 13.2. The lowest BCUT2D eigenvalue weighted by Gasteiger charge is -2.13. The number of carbonyl (C=O) groups excluding carboxylic acids is 1. The molecule has 1 aliphatic heterocycles. The summed E-state index contributed by atoms with van der Waals surface area (Å²) >= 11 is 0. The quantitative estimate of drug-likeness (QED) is 0.535. The molecule has 0 spiro atoms. The van der Waals surface area contributed by atoms with Gasteiger partial charge < -0.3 is 14.8 Å². The Hall–Kier alpha value is -4.13. The first-order valence-corrected chi connectivity index (χ1v) is 10.4. The van der Waals surface area contributed by atoms with Crippen molar-refractivity contribution in [3.05, 3.63) is 94.4 Å². The molecule has 5 rings (SSSR count). The van der Waals surface area contributed by atoms with E-state index in [1.165, 1.54) is 4.68 Å². The van der Waals surface area contributed by atoms with Gasteiger partial charge in [-0.3, -0.25) is 9.59 Å². The second-order valence-corrected chi connectivity index (χ2v) is 7.51. The number of carbonyl (C=O) groups is 1. The highest BCUT2D eigenvalue weighted by Gasteiger charge is 2.18. The lowest BCUT2D eigenvalue weighted by atomic mass is 10.1. The Kier molecular flexibility index (Phi) is 5.29. The number of rotatable bonds is 4. The van der Waals surface area contributed by atoms with Gasteiger partial charge in [0.2, 0.25) is 0 Å². The predicted molar refractivity (Wildman–Crippen MR) is 122 cm³/mol. The molecule has 1 aliphatic rings. The molecule has 7 nitrogen and oxygen atoms in total. The number of anilines is 1. The molecule has 3 aromatic carbocycles. The minimum atomic E-state index is -0.405. The molecule has 4 aromatic rings. The maximum Gasteiger partial charge on any atom is 0.276 e. The fourth-order valence-electron chi connectivity index (χ4n) is 3.70. The Bertz CT molecular complexity index is 1350. The van der Waals surface area contributed by atoms with Crippen LogP contribution in [0.3, 0.4) is 0 Å².